The lowest BCUT2D eigenvalue weighted by Gasteiger charge is -2.30. The lowest BCUT2D eigenvalue weighted by molar-refractivity contribution is -0.137. The monoisotopic (exact) mass is 509 g/mol. The number of alkyl halides is 3. The van der Waals surface area contributed by atoms with Crippen molar-refractivity contribution in [1.82, 2.24) is 15.3 Å². The molecule has 0 amide bonds. The molecule has 0 saturated heterocycles. The molecule has 0 radical (unpaired) electrons. The molecule has 4 aromatic rings. The average molecular weight is 510 g/mol. The van der Waals surface area contributed by atoms with Crippen LogP contribution in [0.5, 0.6) is 0 Å². The molecule has 0 spiro atoms. The van der Waals surface area contributed by atoms with Crippen LogP contribution >= 0.6 is 0 Å². The number of para-hydroxylation sites is 1. The number of nitrogens with zero attached hydrogens (tertiary/aromatic N) is 3. The molecular formula is C28H30F3N5O. The van der Waals surface area contributed by atoms with Crippen LogP contribution in [0.1, 0.15) is 37.0 Å². The van der Waals surface area contributed by atoms with Crippen LogP contribution < -0.4 is 15.5 Å². The van der Waals surface area contributed by atoms with E-state index in [1.54, 1.807) is 18.2 Å². The van der Waals surface area contributed by atoms with E-state index in [9.17, 15) is 13.2 Å². The van der Waals surface area contributed by atoms with Crippen molar-refractivity contribution >= 4 is 22.7 Å². The second-order valence-corrected chi connectivity index (χ2v) is 9.67. The zero-order valence-electron chi connectivity index (χ0n) is 20.8. The lowest BCUT2D eigenvalue weighted by Crippen LogP contribution is -2.36. The highest BCUT2D eigenvalue weighted by atomic mass is 19.4. The van der Waals surface area contributed by atoms with Gasteiger partial charge in [0.15, 0.2) is 0 Å². The van der Waals surface area contributed by atoms with Gasteiger partial charge in [-0.05, 0) is 56.0 Å². The van der Waals surface area contributed by atoms with Crippen LogP contribution in [-0.4, -0.2) is 36.1 Å². The molecule has 1 saturated carbocycles. The molecule has 0 unspecified atom stereocenters. The number of aromatic nitrogens is 2. The first-order valence-corrected chi connectivity index (χ1v) is 12.5. The fourth-order valence-corrected chi connectivity index (χ4v) is 4.90. The molecule has 1 aliphatic carbocycles. The van der Waals surface area contributed by atoms with Gasteiger partial charge in [-0.3, -0.25) is 0 Å². The van der Waals surface area contributed by atoms with Gasteiger partial charge in [-0.15, -0.1) is 0 Å². The largest absolute Gasteiger partial charge is 0.460 e. The molecule has 5 rings (SSSR count). The van der Waals surface area contributed by atoms with E-state index in [4.69, 9.17) is 14.4 Å². The van der Waals surface area contributed by atoms with Crippen molar-refractivity contribution in [1.29, 1.82) is 0 Å². The van der Waals surface area contributed by atoms with Gasteiger partial charge in [-0.25, -0.2) is 4.98 Å². The van der Waals surface area contributed by atoms with Gasteiger partial charge in [-0.1, -0.05) is 30.3 Å². The summed E-state index contributed by atoms with van der Waals surface area (Å²) >= 11 is 0. The quantitative estimate of drug-likeness (QED) is 0.297. The second-order valence-electron chi connectivity index (χ2n) is 9.67. The van der Waals surface area contributed by atoms with Gasteiger partial charge in [0, 0.05) is 37.1 Å². The number of hydrogen-bond acceptors (Lipinski definition) is 6. The number of hydrogen-bond donors (Lipinski definition) is 2. The highest BCUT2D eigenvalue weighted by molar-refractivity contribution is 5.90. The van der Waals surface area contributed by atoms with Gasteiger partial charge in [-0.2, -0.15) is 18.2 Å². The summed E-state index contributed by atoms with van der Waals surface area (Å²) in [6, 6.07) is 17.4. The number of fused-ring (bicyclic) bond motifs is 1. The molecule has 194 valence electrons. The molecule has 37 heavy (non-hydrogen) atoms. The minimum absolute atomic E-state index is 0.0566. The van der Waals surface area contributed by atoms with Crippen molar-refractivity contribution in [3.8, 4) is 11.3 Å². The third-order valence-corrected chi connectivity index (χ3v) is 6.79. The van der Waals surface area contributed by atoms with Crippen LogP contribution in [0.4, 0.5) is 24.9 Å². The van der Waals surface area contributed by atoms with E-state index in [2.05, 4.69) is 10.6 Å². The molecule has 9 heteroatoms. The number of nitrogens with one attached hydrogen (secondary N) is 2. The molecule has 2 aromatic carbocycles. The van der Waals surface area contributed by atoms with Gasteiger partial charge in [0.2, 0.25) is 5.95 Å². The number of halogens is 3. The van der Waals surface area contributed by atoms with Gasteiger partial charge in [0.25, 0.3) is 0 Å². The maximum Gasteiger partial charge on any atom is 0.417 e. The van der Waals surface area contributed by atoms with Crippen molar-refractivity contribution in [2.75, 3.05) is 24.3 Å². The predicted octanol–water partition coefficient (Wildman–Crippen LogP) is 6.49. The van der Waals surface area contributed by atoms with E-state index in [0.29, 0.717) is 24.3 Å². The Kier molecular flexibility index (Phi) is 7.06. The molecule has 2 heterocycles. The van der Waals surface area contributed by atoms with Gasteiger partial charge < -0.3 is 20.0 Å². The van der Waals surface area contributed by atoms with E-state index >= 15 is 0 Å². The van der Waals surface area contributed by atoms with Crippen molar-refractivity contribution in [2.24, 2.45) is 0 Å². The second kappa shape index (κ2) is 10.4. The maximum absolute atomic E-state index is 13.4. The Morgan fingerprint density at radius 2 is 1.59 bits per heavy atom. The van der Waals surface area contributed by atoms with Crippen LogP contribution in [-0.2, 0) is 12.7 Å². The average Bonchev–Trinajstić information content (AvgIpc) is 3.36. The van der Waals surface area contributed by atoms with E-state index in [1.807, 2.05) is 43.3 Å². The Labute approximate surface area is 213 Å². The fourth-order valence-electron chi connectivity index (χ4n) is 4.90. The highest BCUT2D eigenvalue weighted by Crippen LogP contribution is 2.37. The minimum Gasteiger partial charge on any atom is -0.460 e. The van der Waals surface area contributed by atoms with Gasteiger partial charge in [0.05, 0.1) is 17.6 Å². The van der Waals surface area contributed by atoms with Gasteiger partial charge in [0.1, 0.15) is 17.3 Å². The summed E-state index contributed by atoms with van der Waals surface area (Å²) < 4.78 is 45.8. The Morgan fingerprint density at radius 1 is 0.892 bits per heavy atom. The van der Waals surface area contributed by atoms with Crippen molar-refractivity contribution < 1.29 is 17.6 Å². The predicted molar refractivity (Wildman–Crippen MR) is 140 cm³/mol. The summed E-state index contributed by atoms with van der Waals surface area (Å²) in [6.45, 7) is 0.469. The van der Waals surface area contributed by atoms with E-state index in [1.165, 1.54) is 12.1 Å². The summed E-state index contributed by atoms with van der Waals surface area (Å²) in [4.78, 5) is 11.4. The van der Waals surface area contributed by atoms with Crippen molar-refractivity contribution in [2.45, 2.75) is 50.5 Å². The highest BCUT2D eigenvalue weighted by Gasteiger charge is 2.34. The minimum atomic E-state index is -4.43. The normalized spacial score (nSPS) is 18.2. The molecule has 1 aliphatic rings. The smallest absolute Gasteiger partial charge is 0.417 e. The molecule has 2 N–H and O–H groups in total. The fraction of sp³-hybridized carbons (Fsp3) is 0.357. The number of rotatable bonds is 7. The molecule has 0 atom stereocenters. The first kappa shape index (κ1) is 25.1. The van der Waals surface area contributed by atoms with Crippen LogP contribution in [0.2, 0.25) is 0 Å². The number of benzene rings is 2. The molecular weight excluding hydrogens is 479 g/mol. The summed E-state index contributed by atoms with van der Waals surface area (Å²) in [6.07, 6.45) is -0.562. The first-order valence-electron chi connectivity index (χ1n) is 12.5. The Bertz CT molecular complexity index is 1360. The zero-order chi connectivity index (χ0) is 26.0. The third-order valence-electron chi connectivity index (χ3n) is 6.79. The molecule has 0 aliphatic heterocycles. The topological polar surface area (TPSA) is 66.2 Å². The Balaban J connectivity index is 1.16. The maximum atomic E-state index is 13.4. The Hall–Kier alpha value is -3.59. The summed E-state index contributed by atoms with van der Waals surface area (Å²) in [5.41, 5.74) is 0.277. The SMILES string of the molecule is CN(C)c1nc(NC2CCC(NCc3ccc(-c4ccccc4C(F)(F)F)o3)CC2)nc2ccccc12. The third kappa shape index (κ3) is 5.72. The van der Waals surface area contributed by atoms with Crippen LogP contribution in [0.15, 0.2) is 65.1 Å². The van der Waals surface area contributed by atoms with Gasteiger partial charge >= 0.3 is 6.18 Å². The summed E-state index contributed by atoms with van der Waals surface area (Å²) in [5.74, 6) is 2.37. The van der Waals surface area contributed by atoms with E-state index < -0.39 is 11.7 Å². The number of anilines is 2. The van der Waals surface area contributed by atoms with Crippen molar-refractivity contribution in [3.63, 3.8) is 0 Å². The summed E-state index contributed by atoms with van der Waals surface area (Å²) in [7, 11) is 3.96. The summed E-state index contributed by atoms with van der Waals surface area (Å²) in [5, 5.41) is 8.04. The zero-order valence-corrected chi connectivity index (χ0v) is 20.8. The Morgan fingerprint density at radius 3 is 2.35 bits per heavy atom. The molecule has 0 bridgehead atoms. The molecule has 1 fully saturated rings. The van der Waals surface area contributed by atoms with Crippen LogP contribution in [0.25, 0.3) is 22.2 Å². The standard InChI is InChI=1S/C28H30F3N5O/c1-36(2)26-22-8-4-6-10-24(22)34-27(35-26)33-19-13-11-18(12-14-19)32-17-20-15-16-25(37-20)21-7-3-5-9-23(21)28(29,30)31/h3-10,15-16,18-19,32H,11-14,17H2,1-2H3,(H,33,34,35). The molecule has 6 nitrogen and oxygen atoms in total. The van der Waals surface area contributed by atoms with Crippen molar-refractivity contribution in [3.05, 3.63) is 72.0 Å². The van der Waals surface area contributed by atoms with Crippen LogP contribution in [0, 0.1) is 0 Å². The van der Waals surface area contributed by atoms with E-state index in [0.717, 1.165) is 48.5 Å². The lowest BCUT2D eigenvalue weighted by atomic mass is 9.91. The molecule has 2 aromatic heterocycles. The van der Waals surface area contributed by atoms with E-state index in [-0.39, 0.29) is 17.4 Å². The number of furan rings is 1. The van der Waals surface area contributed by atoms with Crippen LogP contribution in [0.3, 0.4) is 0 Å². The first-order chi connectivity index (χ1) is 17.8.